The highest BCUT2D eigenvalue weighted by Gasteiger charge is 2.24. The number of nitrogens with one attached hydrogen (secondary N) is 1. The number of hydrogen-bond acceptors (Lipinski definition) is 4. The molecule has 0 fully saturated rings. The molecule has 4 nitrogen and oxygen atoms in total. The van der Waals surface area contributed by atoms with Crippen LogP contribution in [-0.4, -0.2) is 25.0 Å². The Labute approximate surface area is 105 Å². The van der Waals surface area contributed by atoms with E-state index in [1.807, 2.05) is 30.7 Å². The van der Waals surface area contributed by atoms with Crippen LogP contribution in [0, 0.1) is 5.92 Å². The highest BCUT2D eigenvalue weighted by atomic mass is 32.1. The van der Waals surface area contributed by atoms with Crippen LogP contribution in [0.2, 0.25) is 0 Å². The predicted molar refractivity (Wildman–Crippen MR) is 66.8 cm³/mol. The molecule has 0 spiro atoms. The Morgan fingerprint density at radius 1 is 1.47 bits per heavy atom. The number of esters is 1. The second-order valence-corrected chi connectivity index (χ2v) is 4.90. The lowest BCUT2D eigenvalue weighted by molar-refractivity contribution is -0.146. The minimum atomic E-state index is -0.578. The molecule has 0 aliphatic heterocycles. The molecule has 0 aliphatic rings. The molecule has 1 amide bonds. The molecule has 1 aromatic rings. The molecule has 1 N–H and O–H groups in total. The second-order valence-electron chi connectivity index (χ2n) is 4.12. The third-order valence-electron chi connectivity index (χ3n) is 2.38. The van der Waals surface area contributed by atoms with Gasteiger partial charge in [0, 0.05) is 0 Å². The zero-order chi connectivity index (χ0) is 12.8. The molecular formula is C12H17NO3S. The number of methoxy groups -OCH3 is 1. The molecule has 1 unspecified atom stereocenters. The predicted octanol–water partition coefficient (Wildman–Crippen LogP) is 1.60. The van der Waals surface area contributed by atoms with Crippen molar-refractivity contribution in [3.8, 4) is 0 Å². The minimum absolute atomic E-state index is 0.00822. The standard InChI is InChI=1S/C12H17NO3S/c1-8(2)11(12(15)16-3)13-10(14)6-9-4-5-17-7-9/h4-5,7-8,11H,6H2,1-3H3,(H,13,14). The van der Waals surface area contributed by atoms with Crippen LogP contribution in [0.4, 0.5) is 0 Å². The Morgan fingerprint density at radius 3 is 2.65 bits per heavy atom. The third-order valence-corrected chi connectivity index (χ3v) is 3.12. The van der Waals surface area contributed by atoms with E-state index in [1.54, 1.807) is 11.3 Å². The molecule has 0 aromatic carbocycles. The van der Waals surface area contributed by atoms with Crippen molar-refractivity contribution in [3.05, 3.63) is 22.4 Å². The van der Waals surface area contributed by atoms with Crippen molar-refractivity contribution in [3.63, 3.8) is 0 Å². The fourth-order valence-corrected chi connectivity index (χ4v) is 2.10. The van der Waals surface area contributed by atoms with Crippen LogP contribution in [0.25, 0.3) is 0 Å². The summed E-state index contributed by atoms with van der Waals surface area (Å²) in [5.41, 5.74) is 0.958. The summed E-state index contributed by atoms with van der Waals surface area (Å²) in [6.45, 7) is 3.74. The van der Waals surface area contributed by atoms with Gasteiger partial charge in [0.05, 0.1) is 13.5 Å². The average molecular weight is 255 g/mol. The zero-order valence-electron chi connectivity index (χ0n) is 10.2. The molecular weight excluding hydrogens is 238 g/mol. The smallest absolute Gasteiger partial charge is 0.328 e. The molecule has 1 rings (SSSR count). The molecule has 0 bridgehead atoms. The van der Waals surface area contributed by atoms with E-state index in [4.69, 9.17) is 0 Å². The van der Waals surface area contributed by atoms with Gasteiger partial charge in [0.25, 0.3) is 0 Å². The SMILES string of the molecule is COC(=O)C(NC(=O)Cc1ccsc1)C(C)C. The lowest BCUT2D eigenvalue weighted by atomic mass is 10.0. The fraction of sp³-hybridized carbons (Fsp3) is 0.500. The number of rotatable bonds is 5. The molecule has 0 saturated heterocycles. The summed E-state index contributed by atoms with van der Waals surface area (Å²) >= 11 is 1.55. The van der Waals surface area contributed by atoms with Crippen LogP contribution in [0.5, 0.6) is 0 Å². The van der Waals surface area contributed by atoms with Gasteiger partial charge in [-0.15, -0.1) is 0 Å². The first-order valence-corrected chi connectivity index (χ1v) is 6.37. The number of ether oxygens (including phenoxy) is 1. The first-order chi connectivity index (χ1) is 8.04. The molecule has 0 aliphatic carbocycles. The normalized spacial score (nSPS) is 12.2. The van der Waals surface area contributed by atoms with Gasteiger partial charge < -0.3 is 10.1 Å². The molecule has 94 valence electrons. The van der Waals surface area contributed by atoms with Gasteiger partial charge in [-0.05, 0) is 28.3 Å². The molecule has 1 heterocycles. The summed E-state index contributed by atoms with van der Waals surface area (Å²) in [5.74, 6) is -0.556. The topological polar surface area (TPSA) is 55.4 Å². The van der Waals surface area contributed by atoms with Gasteiger partial charge in [-0.25, -0.2) is 4.79 Å². The van der Waals surface area contributed by atoms with Gasteiger partial charge in [0.1, 0.15) is 6.04 Å². The Hall–Kier alpha value is -1.36. The number of carbonyl (C=O) groups is 2. The molecule has 1 aromatic heterocycles. The van der Waals surface area contributed by atoms with Gasteiger partial charge in [-0.2, -0.15) is 11.3 Å². The lowest BCUT2D eigenvalue weighted by Crippen LogP contribution is -2.45. The highest BCUT2D eigenvalue weighted by molar-refractivity contribution is 7.07. The maximum Gasteiger partial charge on any atom is 0.328 e. The van der Waals surface area contributed by atoms with Crippen molar-refractivity contribution in [2.75, 3.05) is 7.11 Å². The highest BCUT2D eigenvalue weighted by Crippen LogP contribution is 2.08. The quantitative estimate of drug-likeness (QED) is 0.813. The van der Waals surface area contributed by atoms with E-state index >= 15 is 0 Å². The van der Waals surface area contributed by atoms with E-state index < -0.39 is 12.0 Å². The third kappa shape index (κ3) is 4.19. The second kappa shape index (κ2) is 6.39. The van der Waals surface area contributed by atoms with Gasteiger partial charge >= 0.3 is 5.97 Å². The van der Waals surface area contributed by atoms with Gasteiger partial charge in [0.15, 0.2) is 0 Å². The monoisotopic (exact) mass is 255 g/mol. The van der Waals surface area contributed by atoms with E-state index in [2.05, 4.69) is 10.1 Å². The van der Waals surface area contributed by atoms with Crippen molar-refractivity contribution in [2.24, 2.45) is 5.92 Å². The number of thiophene rings is 1. The summed E-state index contributed by atoms with van der Waals surface area (Å²) in [4.78, 5) is 23.2. The first kappa shape index (κ1) is 13.7. The molecule has 5 heteroatoms. The summed E-state index contributed by atoms with van der Waals surface area (Å²) in [5, 5.41) is 6.53. The average Bonchev–Trinajstić information content (AvgIpc) is 2.77. The van der Waals surface area contributed by atoms with Crippen LogP contribution in [0.15, 0.2) is 16.8 Å². The van der Waals surface area contributed by atoms with E-state index in [-0.39, 0.29) is 11.8 Å². The van der Waals surface area contributed by atoms with E-state index in [0.29, 0.717) is 6.42 Å². The molecule has 0 radical (unpaired) electrons. The summed E-state index contributed by atoms with van der Waals surface area (Å²) in [6, 6.07) is 1.32. The van der Waals surface area contributed by atoms with E-state index in [0.717, 1.165) is 5.56 Å². The maximum absolute atomic E-state index is 11.7. The minimum Gasteiger partial charge on any atom is -0.467 e. The van der Waals surface area contributed by atoms with Gasteiger partial charge in [0.2, 0.25) is 5.91 Å². The summed E-state index contributed by atoms with van der Waals surface area (Å²) in [7, 11) is 1.32. The van der Waals surface area contributed by atoms with Crippen LogP contribution in [-0.2, 0) is 20.7 Å². The van der Waals surface area contributed by atoms with E-state index in [1.165, 1.54) is 7.11 Å². The number of carbonyl (C=O) groups excluding carboxylic acids is 2. The maximum atomic E-state index is 11.7. The summed E-state index contributed by atoms with van der Waals surface area (Å²) in [6.07, 6.45) is 0.295. The Bertz CT molecular complexity index is 373. The molecule has 0 saturated carbocycles. The number of hydrogen-bond donors (Lipinski definition) is 1. The first-order valence-electron chi connectivity index (χ1n) is 5.43. The van der Waals surface area contributed by atoms with Crippen LogP contribution in [0.1, 0.15) is 19.4 Å². The van der Waals surface area contributed by atoms with Crippen LogP contribution in [0.3, 0.4) is 0 Å². The van der Waals surface area contributed by atoms with Crippen LogP contribution >= 0.6 is 11.3 Å². The van der Waals surface area contributed by atoms with Crippen molar-refractivity contribution < 1.29 is 14.3 Å². The van der Waals surface area contributed by atoms with Crippen LogP contribution < -0.4 is 5.32 Å². The largest absolute Gasteiger partial charge is 0.467 e. The molecule has 17 heavy (non-hydrogen) atoms. The Morgan fingerprint density at radius 2 is 2.18 bits per heavy atom. The summed E-state index contributed by atoms with van der Waals surface area (Å²) < 4.78 is 4.66. The fourth-order valence-electron chi connectivity index (χ4n) is 1.43. The van der Waals surface area contributed by atoms with Gasteiger partial charge in [-0.3, -0.25) is 4.79 Å². The van der Waals surface area contributed by atoms with E-state index in [9.17, 15) is 9.59 Å². The molecule has 1 atom stereocenters. The van der Waals surface area contributed by atoms with Crippen molar-refractivity contribution >= 4 is 23.2 Å². The number of amides is 1. The van der Waals surface area contributed by atoms with Crippen molar-refractivity contribution in [1.29, 1.82) is 0 Å². The Kier molecular flexibility index (Phi) is 5.15. The lowest BCUT2D eigenvalue weighted by Gasteiger charge is -2.19. The van der Waals surface area contributed by atoms with Gasteiger partial charge in [-0.1, -0.05) is 13.8 Å². The zero-order valence-corrected chi connectivity index (χ0v) is 11.0. The Balaban J connectivity index is 2.55. The van der Waals surface area contributed by atoms with Crippen molar-refractivity contribution in [1.82, 2.24) is 5.32 Å². The van der Waals surface area contributed by atoms with Crippen molar-refractivity contribution in [2.45, 2.75) is 26.3 Å².